The van der Waals surface area contributed by atoms with Crippen molar-refractivity contribution >= 4 is 54.3 Å². The molecule has 1 heterocycles. The maximum atomic E-state index is 9.41. The van der Waals surface area contributed by atoms with Crippen LogP contribution in [0.4, 0.5) is 0 Å². The third-order valence-electron chi connectivity index (χ3n) is 8.30. The Kier molecular flexibility index (Phi) is 3.95. The third kappa shape index (κ3) is 3.72. The van der Waals surface area contributed by atoms with Gasteiger partial charge < -0.3 is 4.42 Å². The highest BCUT2D eigenvalue weighted by atomic mass is 16.3. The second-order valence-electron chi connectivity index (χ2n) is 10.7. The number of hydrogen-bond donors (Lipinski definition) is 0. The molecule has 0 spiro atoms. The fourth-order valence-electron chi connectivity index (χ4n) is 6.43. The summed E-state index contributed by atoms with van der Waals surface area (Å²) in [4.78, 5) is 0. The van der Waals surface area contributed by atoms with Crippen LogP contribution in [0.25, 0.3) is 87.6 Å². The quantitative estimate of drug-likeness (QED) is 0.198. The van der Waals surface area contributed by atoms with Crippen LogP contribution in [0.3, 0.4) is 0 Å². The van der Waals surface area contributed by atoms with Gasteiger partial charge in [0.2, 0.25) is 0 Å². The van der Waals surface area contributed by atoms with E-state index in [-0.39, 0.29) is 34.5 Å². The minimum absolute atomic E-state index is 0.0639. The second kappa shape index (κ2) is 9.44. The Bertz CT molecular complexity index is 2840. The van der Waals surface area contributed by atoms with E-state index in [4.69, 9.17) is 11.3 Å². The number of hydrogen-bond acceptors (Lipinski definition) is 1. The molecule has 0 atom stereocenters. The Labute approximate surface area is 259 Å². The van der Waals surface area contributed by atoms with E-state index < -0.39 is 24.2 Å². The van der Waals surface area contributed by atoms with Gasteiger partial charge in [-0.15, -0.1) is 0 Å². The Morgan fingerprint density at radius 1 is 0.419 bits per heavy atom. The first-order chi connectivity index (χ1) is 24.3. The van der Waals surface area contributed by atoms with Crippen LogP contribution in [-0.2, 0) is 0 Å². The van der Waals surface area contributed by atoms with Gasteiger partial charge in [-0.2, -0.15) is 0 Å². The van der Waals surface area contributed by atoms with E-state index in [0.29, 0.717) is 5.56 Å². The molecule has 0 N–H and O–H groups in total. The van der Waals surface area contributed by atoms with Crippen LogP contribution < -0.4 is 0 Å². The predicted octanol–water partition coefficient (Wildman–Crippen LogP) is 12.0. The maximum Gasteiger partial charge on any atom is 0.136 e. The van der Waals surface area contributed by atoms with E-state index in [2.05, 4.69) is 30.3 Å². The van der Waals surface area contributed by atoms with E-state index in [9.17, 15) is 2.74 Å². The summed E-state index contributed by atoms with van der Waals surface area (Å²) in [5.74, 6) is 0. The lowest BCUT2D eigenvalue weighted by Gasteiger charge is -2.20. The summed E-state index contributed by atoms with van der Waals surface area (Å²) < 4.78 is 67.8. The number of rotatable bonds is 3. The highest BCUT2D eigenvalue weighted by Crippen LogP contribution is 2.48. The maximum absolute atomic E-state index is 9.41. The molecule has 200 valence electrons. The lowest BCUT2D eigenvalue weighted by atomic mass is 9.83. The molecule has 0 aliphatic rings. The molecule has 1 aromatic heterocycles. The molecule has 0 saturated carbocycles. The van der Waals surface area contributed by atoms with Crippen molar-refractivity contribution in [2.45, 2.75) is 0 Å². The SMILES string of the molecule is [2H]c1c([2H])c([2H])c2c([2H])c(-c3c4ccccc4c(-c4cc5oc6ccccc6c5cc4-c4ccccc4)c4ccccc34)c([2H])c([2H])c2c1[2H]. The molecule has 8 aromatic carbocycles. The number of para-hydroxylation sites is 1. The average molecular weight is 554 g/mol. The first-order valence-corrected chi connectivity index (χ1v) is 14.2. The van der Waals surface area contributed by atoms with E-state index in [1.165, 1.54) is 0 Å². The molecule has 0 amide bonds. The monoisotopic (exact) mass is 553 g/mol. The van der Waals surface area contributed by atoms with Crippen LogP contribution in [0.15, 0.2) is 162 Å². The highest BCUT2D eigenvalue weighted by Gasteiger charge is 2.21. The van der Waals surface area contributed by atoms with Gasteiger partial charge >= 0.3 is 0 Å². The van der Waals surface area contributed by atoms with Crippen molar-refractivity contribution in [1.29, 1.82) is 0 Å². The van der Waals surface area contributed by atoms with Gasteiger partial charge in [-0.1, -0.05) is 133 Å². The number of fused-ring (bicyclic) bond motifs is 6. The summed E-state index contributed by atoms with van der Waals surface area (Å²) in [6.07, 6.45) is 0. The van der Waals surface area contributed by atoms with Gasteiger partial charge in [0.15, 0.2) is 0 Å². The van der Waals surface area contributed by atoms with Crippen molar-refractivity contribution in [2.75, 3.05) is 0 Å². The zero-order valence-electron chi connectivity index (χ0n) is 29.9. The standard InChI is InChI=1S/C42H26O/c1-2-13-28(14-3-1)36-25-37-31-16-10-11-21-39(31)43-40(37)26-38(36)42-34-19-8-6-17-32(34)41(33-18-7-9-20-35(33)42)30-23-22-27-12-4-5-15-29(27)24-30/h1-26H/i4D,5D,12D,15D,22D,23D,24D. The van der Waals surface area contributed by atoms with Crippen molar-refractivity contribution in [3.63, 3.8) is 0 Å². The Morgan fingerprint density at radius 2 is 1.02 bits per heavy atom. The summed E-state index contributed by atoms with van der Waals surface area (Å²) in [6, 6.07) is 35.7. The smallest absolute Gasteiger partial charge is 0.136 e. The van der Waals surface area contributed by atoms with Gasteiger partial charge in [0, 0.05) is 10.8 Å². The van der Waals surface area contributed by atoms with Gasteiger partial charge in [-0.05, 0) is 89.9 Å². The fraction of sp³-hybridized carbons (Fsp3) is 0. The average Bonchev–Trinajstić information content (AvgIpc) is 3.51. The van der Waals surface area contributed by atoms with Crippen molar-refractivity contribution < 1.29 is 14.0 Å². The predicted molar refractivity (Wildman–Crippen MR) is 183 cm³/mol. The molecule has 9 aromatic rings. The molecule has 0 unspecified atom stereocenters. The largest absolute Gasteiger partial charge is 0.456 e. The Balaban J connectivity index is 1.46. The fourth-order valence-corrected chi connectivity index (χ4v) is 6.43. The Hall–Kier alpha value is -5.66. The van der Waals surface area contributed by atoms with Crippen LogP contribution in [0.2, 0.25) is 0 Å². The van der Waals surface area contributed by atoms with Gasteiger partial charge in [0.25, 0.3) is 0 Å². The van der Waals surface area contributed by atoms with Crippen molar-refractivity contribution in [3.05, 3.63) is 158 Å². The van der Waals surface area contributed by atoms with E-state index in [1.54, 1.807) is 0 Å². The topological polar surface area (TPSA) is 13.1 Å². The second-order valence-corrected chi connectivity index (χ2v) is 10.7. The lowest BCUT2D eigenvalue weighted by Crippen LogP contribution is -1.93. The van der Waals surface area contributed by atoms with Gasteiger partial charge in [0.05, 0.1) is 9.60 Å². The van der Waals surface area contributed by atoms with Crippen molar-refractivity contribution in [2.24, 2.45) is 0 Å². The van der Waals surface area contributed by atoms with E-state index >= 15 is 0 Å². The summed E-state index contributed by atoms with van der Waals surface area (Å²) >= 11 is 0. The molecular formula is C42H26O. The number of furan rings is 1. The Morgan fingerprint density at radius 3 is 1.74 bits per heavy atom. The summed E-state index contributed by atoms with van der Waals surface area (Å²) in [5, 5.41) is 5.11. The van der Waals surface area contributed by atoms with E-state index in [0.717, 1.165) is 65.7 Å². The molecule has 0 aliphatic carbocycles. The van der Waals surface area contributed by atoms with Crippen LogP contribution in [0.1, 0.15) is 9.60 Å². The zero-order chi connectivity index (χ0) is 34.4. The molecule has 0 saturated heterocycles. The molecule has 1 heteroatoms. The molecule has 0 bridgehead atoms. The van der Waals surface area contributed by atoms with Crippen molar-refractivity contribution in [3.8, 4) is 33.4 Å². The third-order valence-corrected chi connectivity index (χ3v) is 8.30. The lowest BCUT2D eigenvalue weighted by molar-refractivity contribution is 0.669. The molecule has 0 fully saturated rings. The minimum atomic E-state index is -0.488. The normalized spacial score (nSPS) is 14.0. The molecular weight excluding hydrogens is 520 g/mol. The molecule has 0 aliphatic heterocycles. The summed E-state index contributed by atoms with van der Waals surface area (Å²) in [6.45, 7) is 0. The van der Waals surface area contributed by atoms with E-state index in [1.807, 2.05) is 84.9 Å². The van der Waals surface area contributed by atoms with Gasteiger partial charge in [0.1, 0.15) is 11.2 Å². The van der Waals surface area contributed by atoms with Crippen LogP contribution >= 0.6 is 0 Å². The number of benzene rings is 8. The summed E-state index contributed by atoms with van der Waals surface area (Å²) in [7, 11) is 0. The van der Waals surface area contributed by atoms with Crippen molar-refractivity contribution in [1.82, 2.24) is 0 Å². The minimum Gasteiger partial charge on any atom is -0.456 e. The highest BCUT2D eigenvalue weighted by molar-refractivity contribution is 6.23. The van der Waals surface area contributed by atoms with Gasteiger partial charge in [-0.25, -0.2) is 0 Å². The van der Waals surface area contributed by atoms with Crippen LogP contribution in [0, 0.1) is 0 Å². The first-order valence-electron chi connectivity index (χ1n) is 17.7. The molecule has 9 rings (SSSR count). The molecule has 0 radical (unpaired) electrons. The van der Waals surface area contributed by atoms with Crippen LogP contribution in [-0.4, -0.2) is 0 Å². The van der Waals surface area contributed by atoms with Crippen LogP contribution in [0.5, 0.6) is 0 Å². The summed E-state index contributed by atoms with van der Waals surface area (Å²) in [5.41, 5.74) is 6.24. The van der Waals surface area contributed by atoms with Gasteiger partial charge in [-0.3, -0.25) is 0 Å². The molecule has 43 heavy (non-hydrogen) atoms. The first kappa shape index (κ1) is 18.0. The molecule has 1 nitrogen and oxygen atoms in total. The zero-order valence-corrected chi connectivity index (χ0v) is 22.9.